The van der Waals surface area contributed by atoms with Gasteiger partial charge in [0.2, 0.25) is 0 Å². The average molecular weight is 300 g/mol. The maximum Gasteiger partial charge on any atom is 0.322 e. The van der Waals surface area contributed by atoms with Crippen molar-refractivity contribution >= 4 is 17.6 Å². The van der Waals surface area contributed by atoms with Gasteiger partial charge in [0.15, 0.2) is 0 Å². The summed E-state index contributed by atoms with van der Waals surface area (Å²) in [5, 5.41) is 8.67. The van der Waals surface area contributed by atoms with Crippen LogP contribution in [-0.2, 0) is 17.8 Å². The zero-order valence-corrected chi connectivity index (χ0v) is 12.4. The van der Waals surface area contributed by atoms with Gasteiger partial charge >= 0.3 is 6.03 Å². The number of nitrogens with zero attached hydrogens (tertiary/aromatic N) is 1. The first-order valence-corrected chi connectivity index (χ1v) is 7.87. The summed E-state index contributed by atoms with van der Waals surface area (Å²) in [4.78, 5) is 25.9. The molecule has 3 aliphatic heterocycles. The molecule has 1 spiro atoms. The van der Waals surface area contributed by atoms with Crippen molar-refractivity contribution in [3.63, 3.8) is 0 Å². The van der Waals surface area contributed by atoms with Crippen molar-refractivity contribution in [3.05, 3.63) is 29.3 Å². The van der Waals surface area contributed by atoms with Gasteiger partial charge in [-0.25, -0.2) is 4.79 Å². The number of anilines is 1. The maximum absolute atomic E-state index is 12.1. The molecule has 0 aromatic heterocycles. The molecule has 0 radical (unpaired) electrons. The Morgan fingerprint density at radius 1 is 1.27 bits per heavy atom. The molecule has 2 saturated heterocycles. The van der Waals surface area contributed by atoms with Crippen LogP contribution in [0.2, 0.25) is 0 Å². The Morgan fingerprint density at radius 2 is 2.18 bits per heavy atom. The summed E-state index contributed by atoms with van der Waals surface area (Å²) in [6.45, 7) is 3.33. The highest BCUT2D eigenvalue weighted by atomic mass is 16.2. The number of carbonyl (C=O) groups is 2. The van der Waals surface area contributed by atoms with Gasteiger partial charge in [-0.2, -0.15) is 0 Å². The van der Waals surface area contributed by atoms with Crippen molar-refractivity contribution < 1.29 is 9.59 Å². The molecule has 1 atom stereocenters. The minimum atomic E-state index is -0.735. The lowest BCUT2D eigenvalue weighted by molar-refractivity contribution is -0.126. The topological polar surface area (TPSA) is 73.5 Å². The van der Waals surface area contributed by atoms with E-state index in [4.69, 9.17) is 0 Å². The predicted molar refractivity (Wildman–Crippen MR) is 82.6 cm³/mol. The zero-order chi connectivity index (χ0) is 15.2. The van der Waals surface area contributed by atoms with Gasteiger partial charge in [0.05, 0.1) is 0 Å². The third-order valence-electron chi connectivity index (χ3n) is 4.91. The van der Waals surface area contributed by atoms with E-state index in [1.165, 1.54) is 16.8 Å². The van der Waals surface area contributed by atoms with Crippen LogP contribution in [0.3, 0.4) is 0 Å². The number of hydrogen-bond acceptors (Lipinski definition) is 4. The molecule has 1 aromatic rings. The number of para-hydroxylation sites is 1. The minimum Gasteiger partial charge on any atom is -0.384 e. The molecule has 1 unspecified atom stereocenters. The first kappa shape index (κ1) is 13.6. The number of imide groups is 1. The monoisotopic (exact) mass is 300 g/mol. The van der Waals surface area contributed by atoms with Crippen LogP contribution in [0.15, 0.2) is 18.2 Å². The SMILES string of the molecule is O=C1NC(=O)C2(CCCN(Cc3cccc4c3NCC4)C2)N1. The Labute approximate surface area is 129 Å². The van der Waals surface area contributed by atoms with Gasteiger partial charge in [-0.1, -0.05) is 18.2 Å². The van der Waals surface area contributed by atoms with Gasteiger partial charge in [-0.3, -0.25) is 15.0 Å². The number of carbonyl (C=O) groups excluding carboxylic acids is 2. The number of piperidine rings is 1. The molecule has 0 bridgehead atoms. The molecule has 1 aromatic carbocycles. The number of benzene rings is 1. The largest absolute Gasteiger partial charge is 0.384 e. The highest BCUT2D eigenvalue weighted by Crippen LogP contribution is 2.30. The fourth-order valence-electron chi connectivity index (χ4n) is 3.88. The van der Waals surface area contributed by atoms with Gasteiger partial charge in [0.1, 0.15) is 5.54 Å². The fourth-order valence-corrected chi connectivity index (χ4v) is 3.88. The summed E-state index contributed by atoms with van der Waals surface area (Å²) < 4.78 is 0. The molecule has 6 nitrogen and oxygen atoms in total. The molecule has 3 N–H and O–H groups in total. The lowest BCUT2D eigenvalue weighted by Gasteiger charge is -2.38. The van der Waals surface area contributed by atoms with E-state index < -0.39 is 5.54 Å². The summed E-state index contributed by atoms with van der Waals surface area (Å²) in [6, 6.07) is 6.05. The first-order chi connectivity index (χ1) is 10.7. The van der Waals surface area contributed by atoms with Gasteiger partial charge in [0.25, 0.3) is 5.91 Å². The van der Waals surface area contributed by atoms with Gasteiger partial charge in [-0.05, 0) is 36.9 Å². The zero-order valence-electron chi connectivity index (χ0n) is 12.4. The van der Waals surface area contributed by atoms with Crippen molar-refractivity contribution in [1.29, 1.82) is 0 Å². The number of amides is 3. The molecule has 0 saturated carbocycles. The third kappa shape index (κ3) is 2.14. The maximum atomic E-state index is 12.1. The second-order valence-electron chi connectivity index (χ2n) is 6.43. The lowest BCUT2D eigenvalue weighted by atomic mass is 9.89. The highest BCUT2D eigenvalue weighted by molar-refractivity contribution is 6.07. The molecule has 3 aliphatic rings. The molecule has 3 amide bonds. The van der Waals surface area contributed by atoms with Crippen LogP contribution in [-0.4, -0.2) is 42.0 Å². The fraction of sp³-hybridized carbons (Fsp3) is 0.500. The van der Waals surface area contributed by atoms with E-state index >= 15 is 0 Å². The molecule has 6 heteroatoms. The first-order valence-electron chi connectivity index (χ1n) is 7.87. The van der Waals surface area contributed by atoms with Crippen LogP contribution in [0, 0.1) is 0 Å². The van der Waals surface area contributed by atoms with E-state index in [-0.39, 0.29) is 11.9 Å². The highest BCUT2D eigenvalue weighted by Gasteiger charge is 2.48. The second-order valence-corrected chi connectivity index (χ2v) is 6.43. The van der Waals surface area contributed by atoms with Crippen LogP contribution >= 0.6 is 0 Å². The molecule has 2 fully saturated rings. The molecular formula is C16H20N4O2. The quantitative estimate of drug-likeness (QED) is 0.707. The number of fused-ring (bicyclic) bond motifs is 1. The van der Waals surface area contributed by atoms with Gasteiger partial charge < -0.3 is 10.6 Å². The van der Waals surface area contributed by atoms with Gasteiger partial charge in [0, 0.05) is 25.3 Å². The van der Waals surface area contributed by atoms with Crippen molar-refractivity contribution in [2.45, 2.75) is 31.3 Å². The average Bonchev–Trinajstić information content (AvgIpc) is 3.05. The van der Waals surface area contributed by atoms with Gasteiger partial charge in [-0.15, -0.1) is 0 Å². The number of rotatable bonds is 2. The molecule has 116 valence electrons. The van der Waals surface area contributed by atoms with E-state index in [1.54, 1.807) is 0 Å². The number of likely N-dealkylation sites (tertiary alicyclic amines) is 1. The standard InChI is InChI=1S/C16H20N4O2/c21-14-16(19-15(22)18-14)6-2-8-20(10-16)9-12-4-1-3-11-5-7-17-13(11)12/h1,3-4,17H,2,5-10H2,(H2,18,19,21,22). The van der Waals surface area contributed by atoms with E-state index in [1.807, 2.05) is 0 Å². The lowest BCUT2D eigenvalue weighted by Crippen LogP contribution is -2.58. The van der Waals surface area contributed by atoms with Crippen LogP contribution in [0.25, 0.3) is 0 Å². The summed E-state index contributed by atoms with van der Waals surface area (Å²) in [5.41, 5.74) is 3.16. The van der Waals surface area contributed by atoms with E-state index in [9.17, 15) is 9.59 Å². The third-order valence-corrected chi connectivity index (χ3v) is 4.91. The molecule has 4 rings (SSSR count). The normalized spacial score (nSPS) is 27.5. The Hall–Kier alpha value is -2.08. The number of urea groups is 1. The smallest absolute Gasteiger partial charge is 0.322 e. The van der Waals surface area contributed by atoms with Crippen molar-refractivity contribution in [1.82, 2.24) is 15.5 Å². The molecule has 0 aliphatic carbocycles. The Kier molecular flexibility index (Phi) is 3.07. The van der Waals surface area contributed by atoms with E-state index in [2.05, 4.69) is 39.0 Å². The van der Waals surface area contributed by atoms with Crippen LogP contribution in [0.1, 0.15) is 24.0 Å². The summed E-state index contributed by atoms with van der Waals surface area (Å²) in [5.74, 6) is -0.182. The van der Waals surface area contributed by atoms with Crippen molar-refractivity contribution in [2.24, 2.45) is 0 Å². The molecular weight excluding hydrogens is 280 g/mol. The van der Waals surface area contributed by atoms with E-state index in [0.717, 1.165) is 32.5 Å². The Balaban J connectivity index is 1.53. The summed E-state index contributed by atoms with van der Waals surface area (Å²) >= 11 is 0. The number of hydrogen-bond donors (Lipinski definition) is 3. The van der Waals surface area contributed by atoms with Crippen LogP contribution < -0.4 is 16.0 Å². The Bertz CT molecular complexity index is 645. The second kappa shape index (κ2) is 4.98. The van der Waals surface area contributed by atoms with Crippen LogP contribution in [0.4, 0.5) is 10.5 Å². The van der Waals surface area contributed by atoms with Crippen molar-refractivity contribution in [2.75, 3.05) is 25.0 Å². The van der Waals surface area contributed by atoms with Crippen LogP contribution in [0.5, 0.6) is 0 Å². The molecule has 3 heterocycles. The Morgan fingerprint density at radius 3 is 3.00 bits per heavy atom. The summed E-state index contributed by atoms with van der Waals surface area (Å²) in [7, 11) is 0. The molecule has 22 heavy (non-hydrogen) atoms. The van der Waals surface area contributed by atoms with E-state index in [0.29, 0.717) is 13.0 Å². The van der Waals surface area contributed by atoms with Crippen molar-refractivity contribution in [3.8, 4) is 0 Å². The number of nitrogens with one attached hydrogen (secondary N) is 3. The minimum absolute atomic E-state index is 0.182. The predicted octanol–water partition coefficient (Wildman–Crippen LogP) is 0.829. The summed E-state index contributed by atoms with van der Waals surface area (Å²) in [6.07, 6.45) is 2.70.